The summed E-state index contributed by atoms with van der Waals surface area (Å²) in [5.74, 6) is -0.351. The molecule has 0 spiro atoms. The number of ether oxygens (including phenoxy) is 1. The third kappa shape index (κ3) is 5.60. The number of pyridine rings is 1. The summed E-state index contributed by atoms with van der Waals surface area (Å²) < 4.78 is 19.3. The summed E-state index contributed by atoms with van der Waals surface area (Å²) >= 11 is 6.10. The molecule has 3 aromatic heterocycles. The maximum Gasteiger partial charge on any atom is 0.337 e. The zero-order chi connectivity index (χ0) is 26.6. The number of methoxy groups -OCH3 is 1. The average Bonchev–Trinajstić information content (AvgIpc) is 3.35. The molecular formula is C27H26ClFN6O3. The van der Waals surface area contributed by atoms with E-state index in [2.05, 4.69) is 25.3 Å². The van der Waals surface area contributed by atoms with Crippen LogP contribution in [0.4, 0.5) is 10.2 Å². The summed E-state index contributed by atoms with van der Waals surface area (Å²) in [4.78, 5) is 42.3. The number of nitrogens with zero attached hydrogens (tertiary/aromatic N) is 4. The van der Waals surface area contributed by atoms with Gasteiger partial charge in [-0.05, 0) is 42.5 Å². The van der Waals surface area contributed by atoms with E-state index in [0.29, 0.717) is 47.3 Å². The average molecular weight is 537 g/mol. The van der Waals surface area contributed by atoms with E-state index in [-0.39, 0.29) is 24.1 Å². The number of hydrogen-bond donors (Lipinski definition) is 2. The van der Waals surface area contributed by atoms with Gasteiger partial charge in [-0.25, -0.2) is 24.1 Å². The molecule has 1 aliphatic rings. The molecule has 0 bridgehead atoms. The van der Waals surface area contributed by atoms with Gasteiger partial charge in [0.05, 0.1) is 30.3 Å². The first-order chi connectivity index (χ1) is 18.4. The molecule has 9 nitrogen and oxygen atoms in total. The molecule has 2 N–H and O–H groups in total. The van der Waals surface area contributed by atoms with Crippen LogP contribution in [0.1, 0.15) is 28.8 Å². The lowest BCUT2D eigenvalue weighted by atomic mass is 9.97. The highest BCUT2D eigenvalue weighted by atomic mass is 35.5. The van der Waals surface area contributed by atoms with Crippen LogP contribution in [0.5, 0.6) is 0 Å². The van der Waals surface area contributed by atoms with Crippen LogP contribution in [0.15, 0.2) is 48.9 Å². The van der Waals surface area contributed by atoms with Gasteiger partial charge in [0.2, 0.25) is 5.91 Å². The lowest BCUT2D eigenvalue weighted by molar-refractivity contribution is -0.132. The molecule has 4 heterocycles. The molecule has 5 rings (SSSR count). The maximum atomic E-state index is 14.6. The SMILES string of the molecule is COC(=O)c1ccc(CC(=O)N2CCC[C@H](CNc3nc(-c4c[nH]c5ncc(Cl)cc45)ncc3F)C2)cc1. The molecule has 1 aliphatic heterocycles. The molecule has 38 heavy (non-hydrogen) atoms. The Bertz CT molecular complexity index is 1480. The van der Waals surface area contributed by atoms with E-state index >= 15 is 0 Å². The largest absolute Gasteiger partial charge is 0.465 e. The van der Waals surface area contributed by atoms with Crippen molar-refractivity contribution in [1.82, 2.24) is 24.8 Å². The number of fused-ring (bicyclic) bond motifs is 1. The van der Waals surface area contributed by atoms with Crippen molar-refractivity contribution in [3.63, 3.8) is 0 Å². The number of nitrogens with one attached hydrogen (secondary N) is 2. The van der Waals surface area contributed by atoms with Gasteiger partial charge in [0, 0.05) is 43.0 Å². The number of halogens is 2. The number of esters is 1. The van der Waals surface area contributed by atoms with Crippen molar-refractivity contribution in [2.45, 2.75) is 19.3 Å². The van der Waals surface area contributed by atoms with E-state index in [1.807, 2.05) is 4.90 Å². The van der Waals surface area contributed by atoms with E-state index in [1.165, 1.54) is 7.11 Å². The molecule has 196 valence electrons. The number of carbonyl (C=O) groups excluding carboxylic acids is 2. The van der Waals surface area contributed by atoms with E-state index in [1.54, 1.807) is 42.7 Å². The van der Waals surface area contributed by atoms with Gasteiger partial charge in [-0.15, -0.1) is 0 Å². The predicted octanol–water partition coefficient (Wildman–Crippen LogP) is 4.49. The lowest BCUT2D eigenvalue weighted by Crippen LogP contribution is -2.42. The summed E-state index contributed by atoms with van der Waals surface area (Å²) in [5.41, 5.74) is 2.58. The van der Waals surface area contributed by atoms with Gasteiger partial charge in [-0.2, -0.15) is 0 Å². The summed E-state index contributed by atoms with van der Waals surface area (Å²) in [6.45, 7) is 1.71. The fourth-order valence-corrected chi connectivity index (χ4v) is 4.80. The van der Waals surface area contributed by atoms with Gasteiger partial charge >= 0.3 is 5.97 Å². The Morgan fingerprint density at radius 3 is 2.84 bits per heavy atom. The lowest BCUT2D eigenvalue weighted by Gasteiger charge is -2.33. The van der Waals surface area contributed by atoms with Crippen molar-refractivity contribution in [2.75, 3.05) is 32.1 Å². The van der Waals surface area contributed by atoms with Crippen LogP contribution in [0.2, 0.25) is 5.02 Å². The quantitative estimate of drug-likeness (QED) is 0.334. The second-order valence-corrected chi connectivity index (χ2v) is 9.67. The van der Waals surface area contributed by atoms with Crippen LogP contribution in [-0.4, -0.2) is 63.5 Å². The van der Waals surface area contributed by atoms with Crippen molar-refractivity contribution >= 4 is 40.3 Å². The number of H-pyrrole nitrogens is 1. The van der Waals surface area contributed by atoms with Crippen LogP contribution < -0.4 is 5.32 Å². The Labute approximate surface area is 223 Å². The topological polar surface area (TPSA) is 113 Å². The Hall–Kier alpha value is -4.05. The van der Waals surface area contributed by atoms with Crippen LogP contribution in [0.25, 0.3) is 22.4 Å². The van der Waals surface area contributed by atoms with E-state index in [4.69, 9.17) is 16.3 Å². The van der Waals surface area contributed by atoms with Gasteiger partial charge in [0.15, 0.2) is 17.5 Å². The second kappa shape index (κ2) is 11.1. The maximum absolute atomic E-state index is 14.6. The highest BCUT2D eigenvalue weighted by Crippen LogP contribution is 2.28. The van der Waals surface area contributed by atoms with Gasteiger partial charge in [-0.1, -0.05) is 23.7 Å². The minimum absolute atomic E-state index is 0.0163. The van der Waals surface area contributed by atoms with Crippen LogP contribution >= 0.6 is 11.6 Å². The van der Waals surface area contributed by atoms with Crippen molar-refractivity contribution in [3.8, 4) is 11.4 Å². The molecule has 0 unspecified atom stereocenters. The Balaban J connectivity index is 1.21. The first kappa shape index (κ1) is 25.6. The van der Waals surface area contributed by atoms with Crippen molar-refractivity contribution in [2.24, 2.45) is 5.92 Å². The van der Waals surface area contributed by atoms with Crippen molar-refractivity contribution < 1.29 is 18.7 Å². The molecule has 0 saturated carbocycles. The number of aromatic amines is 1. The molecular weight excluding hydrogens is 511 g/mol. The standard InChI is InChI=1S/C27H26ClFN6O3/c1-38-27(37)18-6-4-16(5-7-18)9-23(36)35-8-2-3-17(15-35)11-30-26-22(29)14-33-25(34-26)21-13-32-24-20(21)10-19(28)12-31-24/h4-7,10,12-14,17H,2-3,8-9,11,15H2,1H3,(H,31,32)(H,30,33,34)/t17-/m1/s1. The third-order valence-corrected chi connectivity index (χ3v) is 6.85. The minimum atomic E-state index is -0.552. The van der Waals surface area contributed by atoms with E-state index in [0.717, 1.165) is 30.0 Å². The highest BCUT2D eigenvalue weighted by molar-refractivity contribution is 6.31. The fourth-order valence-electron chi connectivity index (χ4n) is 4.65. The number of amides is 1. The molecule has 4 aromatic rings. The molecule has 1 amide bonds. The smallest absolute Gasteiger partial charge is 0.337 e. The van der Waals surface area contributed by atoms with Gasteiger partial charge in [-0.3, -0.25) is 4.79 Å². The normalized spacial score (nSPS) is 15.4. The molecule has 1 aromatic carbocycles. The summed E-state index contributed by atoms with van der Waals surface area (Å²) in [6.07, 6.45) is 6.43. The summed E-state index contributed by atoms with van der Waals surface area (Å²) in [5, 5.41) is 4.34. The van der Waals surface area contributed by atoms with Crippen molar-refractivity contribution in [1.29, 1.82) is 0 Å². The van der Waals surface area contributed by atoms with E-state index < -0.39 is 11.8 Å². The molecule has 11 heteroatoms. The van der Waals surface area contributed by atoms with Crippen LogP contribution in [0, 0.1) is 11.7 Å². The highest BCUT2D eigenvalue weighted by Gasteiger charge is 2.24. The third-order valence-electron chi connectivity index (χ3n) is 6.64. The number of rotatable bonds is 7. The van der Waals surface area contributed by atoms with Crippen LogP contribution in [0.3, 0.4) is 0 Å². The minimum Gasteiger partial charge on any atom is -0.465 e. The molecule has 0 radical (unpaired) electrons. The molecule has 1 atom stereocenters. The summed E-state index contributed by atoms with van der Waals surface area (Å²) in [7, 11) is 1.33. The molecule has 1 fully saturated rings. The number of piperidine rings is 1. The molecule has 0 aliphatic carbocycles. The number of hydrogen-bond acceptors (Lipinski definition) is 7. The van der Waals surface area contributed by atoms with Crippen molar-refractivity contribution in [3.05, 3.63) is 70.9 Å². The number of anilines is 1. The monoisotopic (exact) mass is 536 g/mol. The van der Waals surface area contributed by atoms with Gasteiger partial charge in [0.1, 0.15) is 5.65 Å². The predicted molar refractivity (Wildman–Crippen MR) is 141 cm³/mol. The van der Waals surface area contributed by atoms with E-state index in [9.17, 15) is 14.0 Å². The summed E-state index contributed by atoms with van der Waals surface area (Å²) in [6, 6.07) is 8.60. The second-order valence-electron chi connectivity index (χ2n) is 9.24. The Morgan fingerprint density at radius 2 is 2.05 bits per heavy atom. The molecule has 1 saturated heterocycles. The first-order valence-corrected chi connectivity index (χ1v) is 12.6. The van der Waals surface area contributed by atoms with Gasteiger partial charge in [0.25, 0.3) is 0 Å². The van der Waals surface area contributed by atoms with Crippen LogP contribution in [-0.2, 0) is 16.0 Å². The first-order valence-electron chi connectivity index (χ1n) is 12.3. The number of likely N-dealkylation sites (tertiary alicyclic amines) is 1. The van der Waals surface area contributed by atoms with Gasteiger partial charge < -0.3 is 19.9 Å². The zero-order valence-electron chi connectivity index (χ0n) is 20.7. The number of benzene rings is 1. The number of aromatic nitrogens is 4. The number of carbonyl (C=O) groups is 2. The Kier molecular flexibility index (Phi) is 7.50. The Morgan fingerprint density at radius 1 is 1.24 bits per heavy atom. The zero-order valence-corrected chi connectivity index (χ0v) is 21.5. The fraction of sp³-hybridized carbons (Fsp3) is 0.296.